The number of nitrogens with one attached hydrogen (secondary N) is 1. The molecule has 1 heterocycles. The van der Waals surface area contributed by atoms with Crippen molar-refractivity contribution in [2.75, 3.05) is 33.8 Å². The van der Waals surface area contributed by atoms with Crippen LogP contribution in [0.1, 0.15) is 0 Å². The summed E-state index contributed by atoms with van der Waals surface area (Å²) in [5.74, 6) is 2.36. The Bertz CT molecular complexity index is 1240. The Labute approximate surface area is 179 Å². The summed E-state index contributed by atoms with van der Waals surface area (Å²) in [5, 5.41) is 5.95. The molecular formula is C23H21ClN2O4. The van der Waals surface area contributed by atoms with Gasteiger partial charge in [-0.15, -0.1) is 0 Å². The van der Waals surface area contributed by atoms with E-state index in [9.17, 15) is 0 Å². The highest BCUT2D eigenvalue weighted by Crippen LogP contribution is 2.45. The number of aromatic nitrogens is 1. The van der Waals surface area contributed by atoms with Gasteiger partial charge in [0.05, 0.1) is 50.8 Å². The van der Waals surface area contributed by atoms with Gasteiger partial charge in [0.15, 0.2) is 11.5 Å². The van der Waals surface area contributed by atoms with Crippen LogP contribution < -0.4 is 24.3 Å². The van der Waals surface area contributed by atoms with Crippen molar-refractivity contribution in [3.63, 3.8) is 0 Å². The molecule has 0 unspecified atom stereocenters. The summed E-state index contributed by atoms with van der Waals surface area (Å²) < 4.78 is 22.0. The molecule has 0 amide bonds. The second kappa shape index (κ2) is 8.16. The monoisotopic (exact) mass is 424 g/mol. The van der Waals surface area contributed by atoms with E-state index in [1.165, 1.54) is 0 Å². The Morgan fingerprint density at radius 3 is 2.23 bits per heavy atom. The van der Waals surface area contributed by atoms with Crippen LogP contribution in [0.2, 0.25) is 5.02 Å². The summed E-state index contributed by atoms with van der Waals surface area (Å²) in [5.41, 5.74) is 3.17. The zero-order valence-electron chi connectivity index (χ0n) is 17.1. The van der Waals surface area contributed by atoms with Crippen molar-refractivity contribution in [3.8, 4) is 23.0 Å². The molecule has 0 aliphatic heterocycles. The van der Waals surface area contributed by atoms with E-state index in [0.29, 0.717) is 22.3 Å². The zero-order chi connectivity index (χ0) is 21.3. The summed E-state index contributed by atoms with van der Waals surface area (Å²) in [6, 6.07) is 15.1. The van der Waals surface area contributed by atoms with Crippen molar-refractivity contribution in [2.24, 2.45) is 0 Å². The van der Waals surface area contributed by atoms with Gasteiger partial charge in [-0.3, -0.25) is 0 Å². The maximum absolute atomic E-state index is 6.22. The number of pyridine rings is 1. The van der Waals surface area contributed by atoms with Gasteiger partial charge in [0.1, 0.15) is 5.75 Å². The van der Waals surface area contributed by atoms with Crippen molar-refractivity contribution < 1.29 is 18.9 Å². The predicted molar refractivity (Wildman–Crippen MR) is 120 cm³/mol. The largest absolute Gasteiger partial charge is 0.497 e. The molecular weight excluding hydrogens is 404 g/mol. The second-order valence-electron chi connectivity index (χ2n) is 6.54. The van der Waals surface area contributed by atoms with Crippen LogP contribution in [0.15, 0.2) is 48.5 Å². The normalized spacial score (nSPS) is 10.8. The molecule has 6 nitrogen and oxygen atoms in total. The number of halogens is 1. The van der Waals surface area contributed by atoms with Crippen molar-refractivity contribution >= 4 is 44.8 Å². The topological polar surface area (TPSA) is 61.8 Å². The number of rotatable bonds is 6. The average molecular weight is 425 g/mol. The van der Waals surface area contributed by atoms with Crippen LogP contribution in [0, 0.1) is 0 Å². The van der Waals surface area contributed by atoms with E-state index in [0.717, 1.165) is 38.9 Å². The number of nitrogens with zero attached hydrogens (tertiary/aromatic N) is 1. The van der Waals surface area contributed by atoms with Gasteiger partial charge in [-0.2, -0.15) is 0 Å². The molecule has 154 valence electrons. The molecule has 4 aromatic rings. The third kappa shape index (κ3) is 3.39. The number of methoxy groups -OCH3 is 4. The van der Waals surface area contributed by atoms with Crippen LogP contribution in [0.4, 0.5) is 11.4 Å². The maximum Gasteiger partial charge on any atom is 0.205 e. The van der Waals surface area contributed by atoms with E-state index < -0.39 is 0 Å². The lowest BCUT2D eigenvalue weighted by Gasteiger charge is -2.19. The summed E-state index contributed by atoms with van der Waals surface area (Å²) in [6.45, 7) is 0. The molecule has 7 heteroatoms. The zero-order valence-corrected chi connectivity index (χ0v) is 17.8. The minimum Gasteiger partial charge on any atom is -0.497 e. The molecule has 0 atom stereocenters. The van der Waals surface area contributed by atoms with E-state index in [1.807, 2.05) is 48.5 Å². The fraction of sp³-hybridized carbons (Fsp3) is 0.174. The van der Waals surface area contributed by atoms with Crippen molar-refractivity contribution in [3.05, 3.63) is 53.6 Å². The molecule has 0 saturated carbocycles. The maximum atomic E-state index is 6.22. The summed E-state index contributed by atoms with van der Waals surface area (Å²) in [6.07, 6.45) is 0. The molecule has 3 aromatic carbocycles. The van der Waals surface area contributed by atoms with E-state index in [2.05, 4.69) is 5.32 Å². The highest BCUT2D eigenvalue weighted by molar-refractivity contribution is 6.31. The van der Waals surface area contributed by atoms with E-state index in [-0.39, 0.29) is 0 Å². The second-order valence-corrected chi connectivity index (χ2v) is 6.97. The number of benzene rings is 3. The molecule has 30 heavy (non-hydrogen) atoms. The van der Waals surface area contributed by atoms with Gasteiger partial charge in [-0.25, -0.2) is 4.98 Å². The van der Waals surface area contributed by atoms with Crippen LogP contribution in [-0.4, -0.2) is 33.4 Å². The van der Waals surface area contributed by atoms with E-state index >= 15 is 0 Å². The molecule has 0 aliphatic carbocycles. The van der Waals surface area contributed by atoms with Gasteiger partial charge in [0, 0.05) is 15.8 Å². The first kappa shape index (κ1) is 19.9. The molecule has 4 rings (SSSR count). The van der Waals surface area contributed by atoms with Gasteiger partial charge in [0.25, 0.3) is 0 Å². The third-order valence-corrected chi connectivity index (χ3v) is 5.14. The molecule has 1 N–H and O–H groups in total. The van der Waals surface area contributed by atoms with Crippen molar-refractivity contribution in [1.29, 1.82) is 0 Å². The number of anilines is 2. The van der Waals surface area contributed by atoms with E-state index in [1.54, 1.807) is 28.4 Å². The highest BCUT2D eigenvalue weighted by atomic mass is 35.5. The lowest BCUT2D eigenvalue weighted by atomic mass is 10.1. The summed E-state index contributed by atoms with van der Waals surface area (Å²) in [4.78, 5) is 4.76. The fourth-order valence-electron chi connectivity index (χ4n) is 3.49. The smallest absolute Gasteiger partial charge is 0.205 e. The van der Waals surface area contributed by atoms with Gasteiger partial charge in [0.2, 0.25) is 5.75 Å². The van der Waals surface area contributed by atoms with Crippen LogP contribution in [0.5, 0.6) is 23.0 Å². The van der Waals surface area contributed by atoms with Gasteiger partial charge >= 0.3 is 0 Å². The average Bonchev–Trinajstić information content (AvgIpc) is 2.77. The molecule has 0 spiro atoms. The first-order chi connectivity index (χ1) is 14.6. The fourth-order valence-corrected chi connectivity index (χ4v) is 3.66. The molecule has 0 fully saturated rings. The van der Waals surface area contributed by atoms with Crippen LogP contribution in [-0.2, 0) is 0 Å². The molecule has 0 saturated heterocycles. The van der Waals surface area contributed by atoms with Crippen LogP contribution in [0.3, 0.4) is 0 Å². The minimum atomic E-state index is 0.508. The van der Waals surface area contributed by atoms with E-state index in [4.69, 9.17) is 35.5 Å². The van der Waals surface area contributed by atoms with Gasteiger partial charge < -0.3 is 24.3 Å². The number of hydrogen-bond acceptors (Lipinski definition) is 6. The standard InChI is InChI=1S/C23H21ClN2O4/c1-27-14-6-8-17-16(12-14)21(15-7-5-13(24)11-19(15)25-17)26-18-9-10-20(28-2)23(30-4)22(18)29-3/h5-12H,1-4H3,(H,25,26). The quantitative estimate of drug-likeness (QED) is 0.393. The predicted octanol–water partition coefficient (Wildman–Crippen LogP) is 5.82. The third-order valence-electron chi connectivity index (χ3n) is 4.91. The highest BCUT2D eigenvalue weighted by Gasteiger charge is 2.18. The Hall–Kier alpha value is -3.38. The van der Waals surface area contributed by atoms with Crippen LogP contribution >= 0.6 is 11.6 Å². The molecule has 0 radical (unpaired) electrons. The summed E-state index contributed by atoms with van der Waals surface area (Å²) in [7, 11) is 6.40. The lowest BCUT2D eigenvalue weighted by Crippen LogP contribution is -2.01. The van der Waals surface area contributed by atoms with Gasteiger partial charge in [-0.1, -0.05) is 11.6 Å². The van der Waals surface area contributed by atoms with Gasteiger partial charge in [-0.05, 0) is 48.5 Å². The Morgan fingerprint density at radius 1 is 0.733 bits per heavy atom. The van der Waals surface area contributed by atoms with Crippen molar-refractivity contribution in [2.45, 2.75) is 0 Å². The summed E-state index contributed by atoms with van der Waals surface area (Å²) >= 11 is 6.22. The Kier molecular flexibility index (Phi) is 5.42. The lowest BCUT2D eigenvalue weighted by molar-refractivity contribution is 0.325. The number of fused-ring (bicyclic) bond motifs is 2. The molecule has 1 aromatic heterocycles. The first-order valence-electron chi connectivity index (χ1n) is 9.22. The Morgan fingerprint density at radius 2 is 1.53 bits per heavy atom. The Balaban J connectivity index is 1.99. The van der Waals surface area contributed by atoms with Crippen LogP contribution in [0.25, 0.3) is 21.8 Å². The first-order valence-corrected chi connectivity index (χ1v) is 9.60. The minimum absolute atomic E-state index is 0.508. The number of ether oxygens (including phenoxy) is 4. The molecule has 0 bridgehead atoms. The SMILES string of the molecule is COc1ccc2nc3cc(Cl)ccc3c(Nc3ccc(OC)c(OC)c3OC)c2c1. The number of hydrogen-bond donors (Lipinski definition) is 1. The molecule has 0 aliphatic rings. The van der Waals surface area contributed by atoms with Crippen molar-refractivity contribution in [1.82, 2.24) is 4.98 Å².